The lowest BCUT2D eigenvalue weighted by atomic mass is 10.2. The Morgan fingerprint density at radius 2 is 1.50 bits per heavy atom. The lowest BCUT2D eigenvalue weighted by Crippen LogP contribution is -2.31. The molecule has 0 spiro atoms. The molecule has 0 aromatic heterocycles. The summed E-state index contributed by atoms with van der Waals surface area (Å²) in [7, 11) is 0. The molecule has 0 heterocycles. The highest BCUT2D eigenvalue weighted by molar-refractivity contribution is 5.61. The van der Waals surface area contributed by atoms with Gasteiger partial charge in [0.05, 0.1) is 24.5 Å². The van der Waals surface area contributed by atoms with Gasteiger partial charge in [-0.05, 0) is 50.2 Å². The Hall–Kier alpha value is -2.65. The molecule has 30 heavy (non-hydrogen) atoms. The molecule has 9 heteroatoms. The number of benzene rings is 2. The van der Waals surface area contributed by atoms with E-state index in [9.17, 15) is 18.3 Å². The summed E-state index contributed by atoms with van der Waals surface area (Å²) < 4.78 is 48.7. The number of aromatic hydroxyl groups is 1. The summed E-state index contributed by atoms with van der Waals surface area (Å²) in [5.74, 6) is -0.0824. The molecule has 0 radical (unpaired) electrons. The van der Waals surface area contributed by atoms with Crippen LogP contribution in [0.15, 0.2) is 52.7 Å². The Morgan fingerprint density at radius 3 is 2.00 bits per heavy atom. The van der Waals surface area contributed by atoms with Crippen LogP contribution < -0.4 is 4.90 Å². The van der Waals surface area contributed by atoms with Gasteiger partial charge in [0, 0.05) is 38.1 Å². The van der Waals surface area contributed by atoms with Crippen LogP contribution in [0.5, 0.6) is 5.75 Å². The molecule has 0 unspecified atom stereocenters. The second kappa shape index (κ2) is 11.5. The topological polar surface area (TPSA) is 66.7 Å². The van der Waals surface area contributed by atoms with Gasteiger partial charge in [0.15, 0.2) is 0 Å². The molecule has 2 rings (SSSR count). The summed E-state index contributed by atoms with van der Waals surface area (Å²) in [6.07, 6.45) is -4.40. The Bertz CT molecular complexity index is 801. The monoisotopic (exact) mass is 425 g/mol. The molecule has 2 aromatic carbocycles. The van der Waals surface area contributed by atoms with Gasteiger partial charge < -0.3 is 19.5 Å². The maximum absolute atomic E-state index is 12.6. The van der Waals surface area contributed by atoms with Crippen molar-refractivity contribution in [2.75, 3.05) is 44.4 Å². The van der Waals surface area contributed by atoms with Crippen LogP contribution in [0, 0.1) is 0 Å². The van der Waals surface area contributed by atoms with Crippen LogP contribution >= 0.6 is 0 Å². The maximum Gasteiger partial charge on any atom is 0.416 e. The van der Waals surface area contributed by atoms with Crippen molar-refractivity contribution in [2.24, 2.45) is 10.2 Å². The fourth-order valence-corrected chi connectivity index (χ4v) is 2.63. The van der Waals surface area contributed by atoms with Crippen molar-refractivity contribution in [1.29, 1.82) is 0 Å². The van der Waals surface area contributed by atoms with E-state index in [1.807, 2.05) is 18.7 Å². The third-order valence-corrected chi connectivity index (χ3v) is 4.21. The molecule has 0 bridgehead atoms. The molecular formula is C21H26F3N3O3. The molecule has 2 aromatic rings. The van der Waals surface area contributed by atoms with Crippen molar-refractivity contribution in [3.8, 4) is 5.75 Å². The summed E-state index contributed by atoms with van der Waals surface area (Å²) >= 11 is 0. The number of halogens is 3. The zero-order valence-corrected chi connectivity index (χ0v) is 17.0. The van der Waals surface area contributed by atoms with Gasteiger partial charge in [-0.25, -0.2) is 0 Å². The number of phenolic OH excluding ortho intramolecular Hbond substituents is 1. The Morgan fingerprint density at radius 1 is 0.900 bits per heavy atom. The summed E-state index contributed by atoms with van der Waals surface area (Å²) in [6.45, 7) is 7.43. The van der Waals surface area contributed by atoms with Crippen molar-refractivity contribution in [3.63, 3.8) is 0 Å². The first-order valence-corrected chi connectivity index (χ1v) is 9.67. The van der Waals surface area contributed by atoms with E-state index >= 15 is 0 Å². The normalized spacial score (nSPS) is 11.9. The Balaban J connectivity index is 2.10. The van der Waals surface area contributed by atoms with Gasteiger partial charge in [-0.1, -0.05) is 0 Å². The molecule has 6 nitrogen and oxygen atoms in total. The van der Waals surface area contributed by atoms with E-state index in [-0.39, 0.29) is 17.1 Å². The zero-order chi connectivity index (χ0) is 22.0. The molecule has 164 valence electrons. The van der Waals surface area contributed by atoms with Gasteiger partial charge in [0.2, 0.25) is 0 Å². The van der Waals surface area contributed by atoms with Crippen molar-refractivity contribution in [1.82, 2.24) is 0 Å². The van der Waals surface area contributed by atoms with Gasteiger partial charge in [-0.2, -0.15) is 18.3 Å². The highest BCUT2D eigenvalue weighted by Gasteiger charge is 2.29. The van der Waals surface area contributed by atoms with Crippen molar-refractivity contribution in [3.05, 3.63) is 48.0 Å². The average molecular weight is 425 g/mol. The third kappa shape index (κ3) is 7.31. The minimum absolute atomic E-state index is 0.0824. The van der Waals surface area contributed by atoms with E-state index in [2.05, 4.69) is 10.2 Å². The predicted octanol–water partition coefficient (Wildman–Crippen LogP) is 5.71. The van der Waals surface area contributed by atoms with Crippen molar-refractivity contribution in [2.45, 2.75) is 20.0 Å². The van der Waals surface area contributed by atoms with Gasteiger partial charge >= 0.3 is 6.18 Å². The second-order valence-corrected chi connectivity index (χ2v) is 6.30. The van der Waals surface area contributed by atoms with E-state index in [0.29, 0.717) is 39.5 Å². The maximum atomic E-state index is 12.6. The number of alkyl halides is 3. The van der Waals surface area contributed by atoms with Crippen LogP contribution in [0.1, 0.15) is 19.4 Å². The van der Waals surface area contributed by atoms with Crippen LogP contribution in [0.2, 0.25) is 0 Å². The number of ether oxygens (including phenoxy) is 2. The lowest BCUT2D eigenvalue weighted by Gasteiger charge is -2.25. The van der Waals surface area contributed by atoms with E-state index < -0.39 is 11.7 Å². The first-order valence-electron chi connectivity index (χ1n) is 9.67. The number of hydrogen-bond acceptors (Lipinski definition) is 6. The number of azo groups is 1. The fourth-order valence-electron chi connectivity index (χ4n) is 2.63. The van der Waals surface area contributed by atoms with Crippen LogP contribution in [-0.2, 0) is 15.7 Å². The molecule has 0 saturated heterocycles. The number of anilines is 1. The Labute approximate surface area is 173 Å². The fraction of sp³-hybridized carbons (Fsp3) is 0.429. The zero-order valence-electron chi connectivity index (χ0n) is 17.0. The molecule has 0 amide bonds. The molecule has 0 atom stereocenters. The summed E-state index contributed by atoms with van der Waals surface area (Å²) in [6, 6.07) is 9.28. The summed E-state index contributed by atoms with van der Waals surface area (Å²) in [5.41, 5.74) is 0.489. The highest BCUT2D eigenvalue weighted by atomic mass is 19.4. The highest BCUT2D eigenvalue weighted by Crippen LogP contribution is 2.33. The van der Waals surface area contributed by atoms with E-state index in [4.69, 9.17) is 9.47 Å². The number of hydrogen-bond donors (Lipinski definition) is 1. The summed E-state index contributed by atoms with van der Waals surface area (Å²) in [4.78, 5) is 2.03. The Kier molecular flexibility index (Phi) is 9.07. The largest absolute Gasteiger partial charge is 0.506 e. The molecule has 0 aliphatic rings. The quantitative estimate of drug-likeness (QED) is 0.370. The van der Waals surface area contributed by atoms with Gasteiger partial charge in [-0.3, -0.25) is 0 Å². The van der Waals surface area contributed by atoms with Crippen LogP contribution in [0.25, 0.3) is 0 Å². The number of phenols is 1. The van der Waals surface area contributed by atoms with E-state index in [1.54, 1.807) is 18.2 Å². The first kappa shape index (κ1) is 23.6. The number of nitrogens with zero attached hydrogens (tertiary/aromatic N) is 3. The molecule has 0 saturated carbocycles. The van der Waals surface area contributed by atoms with Gasteiger partial charge in [0.1, 0.15) is 11.4 Å². The van der Waals surface area contributed by atoms with Crippen LogP contribution in [-0.4, -0.2) is 44.6 Å². The molecule has 1 N–H and O–H groups in total. The average Bonchev–Trinajstić information content (AvgIpc) is 2.71. The van der Waals surface area contributed by atoms with Gasteiger partial charge in [-0.15, -0.1) is 5.11 Å². The van der Waals surface area contributed by atoms with Crippen LogP contribution in [0.3, 0.4) is 0 Å². The third-order valence-electron chi connectivity index (χ3n) is 4.21. The smallest absolute Gasteiger partial charge is 0.416 e. The van der Waals surface area contributed by atoms with E-state index in [0.717, 1.165) is 17.8 Å². The first-order chi connectivity index (χ1) is 14.3. The standard InChI is InChI=1S/C21H26F3N3O3/c1-3-29-13-11-27(12-14-30-4-2)18-9-10-19(20(28)15-18)26-25-17-7-5-16(6-8-17)21(22,23)24/h5-10,15,28H,3-4,11-14H2,1-2H3. The minimum atomic E-state index is -4.40. The second-order valence-electron chi connectivity index (χ2n) is 6.30. The summed E-state index contributed by atoms with van der Waals surface area (Å²) in [5, 5.41) is 18.2. The minimum Gasteiger partial charge on any atom is -0.506 e. The number of rotatable bonds is 11. The predicted molar refractivity (Wildman–Crippen MR) is 109 cm³/mol. The molecule has 0 fully saturated rings. The van der Waals surface area contributed by atoms with E-state index in [1.165, 1.54) is 12.1 Å². The van der Waals surface area contributed by atoms with Crippen molar-refractivity contribution >= 4 is 17.1 Å². The lowest BCUT2D eigenvalue weighted by molar-refractivity contribution is -0.137. The SMILES string of the molecule is CCOCCN(CCOCC)c1ccc(N=Nc2ccc(C(F)(F)F)cc2)c(O)c1. The van der Waals surface area contributed by atoms with Gasteiger partial charge in [0.25, 0.3) is 0 Å². The molecule has 0 aliphatic heterocycles. The van der Waals surface area contributed by atoms with Crippen molar-refractivity contribution < 1.29 is 27.8 Å². The van der Waals surface area contributed by atoms with Crippen LogP contribution in [0.4, 0.5) is 30.2 Å². The molecular weight excluding hydrogens is 399 g/mol. The molecule has 0 aliphatic carbocycles.